The van der Waals surface area contributed by atoms with Gasteiger partial charge in [0.2, 0.25) is 0 Å². The second-order valence-electron chi connectivity index (χ2n) is 28.5. The lowest BCUT2D eigenvalue weighted by Gasteiger charge is -2.05. The van der Waals surface area contributed by atoms with Crippen LogP contribution in [0.25, 0.3) is 0 Å². The van der Waals surface area contributed by atoms with E-state index in [0.29, 0.717) is 0 Å². The maximum absolute atomic E-state index is 9.03. The van der Waals surface area contributed by atoms with Gasteiger partial charge in [-0.15, -0.1) is 0 Å². The molecule has 0 radical (unpaired) electrons. The van der Waals surface area contributed by atoms with E-state index >= 15 is 0 Å². The Hall–Kier alpha value is -4.72. The van der Waals surface area contributed by atoms with Gasteiger partial charge < -0.3 is 5.11 Å². The Bertz CT molecular complexity index is 2580. The molecule has 0 aromatic carbocycles. The maximum atomic E-state index is 9.03. The fraction of sp³-hybridized carbons (Fsp3) is 0.600. The number of rotatable bonds is 52. The van der Waals surface area contributed by atoms with Crippen LogP contribution in [0, 0.1) is 0 Å². The molecule has 1 heteroatoms. The third-order valence-electron chi connectivity index (χ3n) is 18.0. The van der Waals surface area contributed by atoms with E-state index in [1.165, 1.54) is 190 Å². The molecule has 0 aliphatic rings. The highest BCUT2D eigenvalue weighted by Crippen LogP contribution is 2.22. The summed E-state index contributed by atoms with van der Waals surface area (Å²) in [4.78, 5) is 0. The molecule has 1 nitrogen and oxygen atoms in total. The molecule has 0 aromatic heterocycles. The molecule has 1 N–H and O–H groups in total. The number of allylic oxidation sites excluding steroid dienone is 35. The fourth-order valence-electron chi connectivity index (χ4n) is 11.2. The maximum Gasteiger partial charge on any atom is 0.0614 e. The van der Waals surface area contributed by atoms with Gasteiger partial charge >= 0.3 is 0 Å². The Morgan fingerprint density at radius 2 is 0.231 bits per heavy atom. The summed E-state index contributed by atoms with van der Waals surface area (Å²) in [6.45, 7) is 43.5. The van der Waals surface area contributed by atoms with Gasteiger partial charge in [0.25, 0.3) is 0 Å². The van der Waals surface area contributed by atoms with Gasteiger partial charge in [0, 0.05) is 0 Å². The Labute approximate surface area is 568 Å². The van der Waals surface area contributed by atoms with Gasteiger partial charge in [-0.2, -0.15) is 0 Å². The van der Waals surface area contributed by atoms with Crippen molar-refractivity contribution in [2.24, 2.45) is 0 Å². The summed E-state index contributed by atoms with van der Waals surface area (Å²) < 4.78 is 0. The Kier molecular flexibility index (Phi) is 54.9. The molecule has 0 fully saturated rings. The average molecular weight is 1240 g/mol. The molecule has 512 valence electrons. The van der Waals surface area contributed by atoms with Crippen molar-refractivity contribution in [1.29, 1.82) is 0 Å². The number of aliphatic hydroxyl groups excluding tert-OH is 1. The summed E-state index contributed by atoms with van der Waals surface area (Å²) in [7, 11) is 0. The van der Waals surface area contributed by atoms with E-state index in [9.17, 15) is 0 Å². The van der Waals surface area contributed by atoms with Gasteiger partial charge in [-0.05, 0) is 350 Å². The van der Waals surface area contributed by atoms with Crippen molar-refractivity contribution >= 4 is 0 Å². The Morgan fingerprint density at radius 1 is 0.143 bits per heavy atom. The van der Waals surface area contributed by atoms with Gasteiger partial charge in [-0.25, -0.2) is 0 Å². The third-order valence-corrected chi connectivity index (χ3v) is 18.0. The smallest absolute Gasteiger partial charge is 0.0614 e. The van der Waals surface area contributed by atoms with E-state index < -0.39 is 0 Å². The van der Waals surface area contributed by atoms with Crippen LogP contribution < -0.4 is 0 Å². The van der Waals surface area contributed by atoms with Crippen LogP contribution in [0.15, 0.2) is 210 Å². The lowest BCUT2D eigenvalue weighted by molar-refractivity contribution is 0.341. The molecule has 0 rings (SSSR count). The summed E-state index contributed by atoms with van der Waals surface area (Å²) in [5.41, 5.74) is 27.1. The van der Waals surface area contributed by atoms with Gasteiger partial charge in [0.05, 0.1) is 6.61 Å². The van der Waals surface area contributed by atoms with Crippen molar-refractivity contribution in [2.45, 2.75) is 350 Å². The molecule has 0 bridgehead atoms. The number of hydrogen-bond acceptors (Lipinski definition) is 1. The first-order chi connectivity index (χ1) is 43.5. The number of aliphatic hydroxyl groups is 1. The molecule has 0 saturated carbocycles. The van der Waals surface area contributed by atoms with Crippen LogP contribution in [0.1, 0.15) is 350 Å². The first-order valence-electron chi connectivity index (χ1n) is 36.9. The van der Waals surface area contributed by atoms with E-state index in [0.717, 1.165) is 128 Å². The highest BCUT2D eigenvalue weighted by molar-refractivity contribution is 5.15. The van der Waals surface area contributed by atoms with Gasteiger partial charge in [-0.1, -0.05) is 210 Å². The molecule has 91 heavy (non-hydrogen) atoms. The van der Waals surface area contributed by atoms with Crippen molar-refractivity contribution in [3.05, 3.63) is 210 Å². The molecule has 0 saturated heterocycles. The zero-order chi connectivity index (χ0) is 67.9. The van der Waals surface area contributed by atoms with Crippen LogP contribution in [0.5, 0.6) is 0 Å². The van der Waals surface area contributed by atoms with Crippen LogP contribution in [0.2, 0.25) is 0 Å². The van der Waals surface area contributed by atoms with E-state index in [1.807, 2.05) is 6.08 Å². The zero-order valence-electron chi connectivity index (χ0n) is 63.6. The second kappa shape index (κ2) is 57.9. The lowest BCUT2D eigenvalue weighted by atomic mass is 10.0. The Balaban J connectivity index is 4.34. The fourth-order valence-corrected chi connectivity index (χ4v) is 11.2. The predicted octanol–water partition coefficient (Wildman–Crippen LogP) is 30.3. The SMILES string of the molecule is CC(C)=CCC/C(C)=C/CC/C(C)=C/CC/C(C)=C/CC/C(C)=C/CC/C(C)=C/CC/C(C)=C/CC/C(C)=C/CC/C(C)=C/CC/C(C)=C/CC/C(C)=C/CC/C(C)=C/CC/C(C)=C/CC/C(C)=C/CC/C(C)=C/CC/C(C)=C/CC/C(C)=C/CC/C(C)=C/CO. The average Bonchev–Trinajstić information content (AvgIpc) is 3.47. The summed E-state index contributed by atoms with van der Waals surface area (Å²) in [5.74, 6) is 0. The molecule has 0 aromatic rings. The van der Waals surface area contributed by atoms with E-state index in [2.05, 4.69) is 235 Å². The van der Waals surface area contributed by atoms with Crippen LogP contribution in [0.3, 0.4) is 0 Å². The predicted molar refractivity (Wildman–Crippen MR) is 417 cm³/mol. The summed E-state index contributed by atoms with van der Waals surface area (Å²) >= 11 is 0. The monoisotopic (exact) mass is 1240 g/mol. The van der Waals surface area contributed by atoms with Crippen LogP contribution in [0.4, 0.5) is 0 Å². The highest BCUT2D eigenvalue weighted by Gasteiger charge is 2.02. The zero-order valence-corrected chi connectivity index (χ0v) is 63.6. The van der Waals surface area contributed by atoms with Crippen LogP contribution >= 0.6 is 0 Å². The third kappa shape index (κ3) is 58.8. The van der Waals surface area contributed by atoms with Crippen molar-refractivity contribution in [3.8, 4) is 0 Å². The molecule has 0 aliphatic heterocycles. The standard InChI is InChI=1S/C90H146O/c1-73(2)37-20-38-74(3)39-21-40-75(4)41-22-42-76(5)43-23-44-77(6)45-24-46-78(7)47-25-48-79(8)49-26-50-80(9)51-27-52-81(10)53-28-54-82(11)55-29-56-83(12)57-30-58-84(13)59-31-60-85(14)61-32-62-86(15)63-33-64-87(16)65-34-66-88(17)67-35-68-89(18)69-36-70-90(19)71-72-91/h37,39,41,43,45,47,49,51,53,55,57,59,61,63,65,67,69,71,91H,20-36,38,40,42,44,46,48,50,52,54,56,58,60,62,64,66,68,70,72H2,1-19H3/b74-39+,75-41+,76-43+,77-45+,78-47+,79-49+,80-51+,81-53+,82-55+,83-57+,84-59+,85-61+,86-63+,87-65+,88-67+,89-69+,90-71+. The lowest BCUT2D eigenvalue weighted by Crippen LogP contribution is -1.84. The quantitative estimate of drug-likeness (QED) is 0.0602. The number of hydrogen-bond donors (Lipinski definition) is 1. The van der Waals surface area contributed by atoms with E-state index in [1.54, 1.807) is 0 Å². The normalized spacial score (nSPS) is 15.3. The molecule has 0 amide bonds. The van der Waals surface area contributed by atoms with Crippen molar-refractivity contribution in [2.75, 3.05) is 6.61 Å². The van der Waals surface area contributed by atoms with E-state index in [-0.39, 0.29) is 6.61 Å². The Morgan fingerprint density at radius 3 is 0.319 bits per heavy atom. The second-order valence-corrected chi connectivity index (χ2v) is 28.5. The first kappa shape index (κ1) is 86.3. The topological polar surface area (TPSA) is 20.2 Å². The minimum Gasteiger partial charge on any atom is -0.392 e. The molecule has 0 aliphatic carbocycles. The van der Waals surface area contributed by atoms with E-state index in [4.69, 9.17) is 5.11 Å². The first-order valence-corrected chi connectivity index (χ1v) is 36.9. The molecule has 0 unspecified atom stereocenters. The molecule has 0 heterocycles. The summed E-state index contributed by atoms with van der Waals surface area (Å²) in [6.07, 6.45) is 82.9. The van der Waals surface area contributed by atoms with Crippen LogP contribution in [-0.4, -0.2) is 11.7 Å². The highest BCUT2D eigenvalue weighted by atomic mass is 16.2. The van der Waals surface area contributed by atoms with Crippen molar-refractivity contribution in [1.82, 2.24) is 0 Å². The minimum atomic E-state index is 0.147. The van der Waals surface area contributed by atoms with Crippen LogP contribution in [-0.2, 0) is 0 Å². The van der Waals surface area contributed by atoms with Gasteiger partial charge in [-0.3, -0.25) is 0 Å². The largest absolute Gasteiger partial charge is 0.392 e. The summed E-state index contributed by atoms with van der Waals surface area (Å²) in [5, 5.41) is 9.03. The minimum absolute atomic E-state index is 0.147. The van der Waals surface area contributed by atoms with Crippen molar-refractivity contribution in [3.63, 3.8) is 0 Å². The van der Waals surface area contributed by atoms with Crippen molar-refractivity contribution < 1.29 is 5.11 Å². The molecular weight excluding hydrogens is 1100 g/mol. The summed E-state index contributed by atoms with van der Waals surface area (Å²) in [6, 6.07) is 0. The van der Waals surface area contributed by atoms with Gasteiger partial charge in [0.1, 0.15) is 0 Å². The molecule has 0 spiro atoms. The van der Waals surface area contributed by atoms with Gasteiger partial charge in [0.15, 0.2) is 0 Å². The molecular formula is C90H146O. The molecule has 0 atom stereocenters.